The summed E-state index contributed by atoms with van der Waals surface area (Å²) in [5.41, 5.74) is 0.431. The second kappa shape index (κ2) is 4.96. The molecule has 0 aliphatic heterocycles. The molecule has 86 valence electrons. The van der Waals surface area contributed by atoms with Gasteiger partial charge in [-0.2, -0.15) is 0 Å². The Kier molecular flexibility index (Phi) is 4.12. The van der Waals surface area contributed by atoms with Gasteiger partial charge in [0, 0.05) is 5.92 Å². The van der Waals surface area contributed by atoms with Crippen molar-refractivity contribution in [2.75, 3.05) is 0 Å². The summed E-state index contributed by atoms with van der Waals surface area (Å²) in [5.74, 6) is 1.36. The quantitative estimate of drug-likeness (QED) is 0.641. The standard InChI is InChI=1S/C14H24O/c1-5-13(15)12-8-6-11(7-9-12)10-14(2,3)4/h5,11-12H,1,6-10H2,2-4H3. The fraction of sp³-hybridized carbons (Fsp3) is 0.786. The Bertz CT molecular complexity index is 226. The van der Waals surface area contributed by atoms with Crippen molar-refractivity contribution in [3.8, 4) is 0 Å². The number of hydrogen-bond donors (Lipinski definition) is 0. The minimum Gasteiger partial charge on any atom is -0.295 e. The van der Waals surface area contributed by atoms with Crippen molar-refractivity contribution in [2.45, 2.75) is 52.9 Å². The fourth-order valence-corrected chi connectivity index (χ4v) is 2.68. The van der Waals surface area contributed by atoms with Gasteiger partial charge in [0.15, 0.2) is 5.78 Å². The van der Waals surface area contributed by atoms with Gasteiger partial charge in [-0.15, -0.1) is 0 Å². The van der Waals surface area contributed by atoms with Gasteiger partial charge in [-0.25, -0.2) is 0 Å². The van der Waals surface area contributed by atoms with Crippen LogP contribution < -0.4 is 0 Å². The van der Waals surface area contributed by atoms with Crippen molar-refractivity contribution in [1.29, 1.82) is 0 Å². The van der Waals surface area contributed by atoms with Gasteiger partial charge in [0.1, 0.15) is 0 Å². The fourth-order valence-electron chi connectivity index (χ4n) is 2.68. The zero-order chi connectivity index (χ0) is 11.5. The van der Waals surface area contributed by atoms with Crippen LogP contribution in [0.4, 0.5) is 0 Å². The van der Waals surface area contributed by atoms with E-state index in [0.29, 0.717) is 5.41 Å². The first-order valence-corrected chi connectivity index (χ1v) is 6.08. The second-order valence-electron chi connectivity index (χ2n) is 6.09. The van der Waals surface area contributed by atoms with Gasteiger partial charge in [0.05, 0.1) is 0 Å². The molecule has 15 heavy (non-hydrogen) atoms. The number of hydrogen-bond acceptors (Lipinski definition) is 1. The lowest BCUT2D eigenvalue weighted by atomic mass is 9.74. The summed E-state index contributed by atoms with van der Waals surface area (Å²) in [6.45, 7) is 10.5. The molecule has 0 unspecified atom stereocenters. The number of allylic oxidation sites excluding steroid dienone is 1. The van der Waals surface area contributed by atoms with Crippen LogP contribution >= 0.6 is 0 Å². The minimum atomic E-state index is 0.254. The van der Waals surface area contributed by atoms with Crippen LogP contribution in [0.5, 0.6) is 0 Å². The maximum Gasteiger partial charge on any atom is 0.158 e. The molecule has 0 N–H and O–H groups in total. The van der Waals surface area contributed by atoms with Gasteiger partial charge in [-0.05, 0) is 49.5 Å². The van der Waals surface area contributed by atoms with E-state index in [9.17, 15) is 4.79 Å². The highest BCUT2D eigenvalue weighted by molar-refractivity contribution is 5.91. The lowest BCUT2D eigenvalue weighted by Gasteiger charge is -2.31. The van der Waals surface area contributed by atoms with Gasteiger partial charge >= 0.3 is 0 Å². The van der Waals surface area contributed by atoms with E-state index < -0.39 is 0 Å². The molecule has 0 heterocycles. The van der Waals surface area contributed by atoms with E-state index in [1.807, 2.05) is 0 Å². The molecule has 1 saturated carbocycles. The molecule has 0 amide bonds. The molecule has 0 bridgehead atoms. The Labute approximate surface area is 93.9 Å². The smallest absolute Gasteiger partial charge is 0.158 e. The zero-order valence-corrected chi connectivity index (χ0v) is 10.4. The Morgan fingerprint density at radius 1 is 1.27 bits per heavy atom. The van der Waals surface area contributed by atoms with Gasteiger partial charge in [0.2, 0.25) is 0 Å². The molecule has 0 saturated heterocycles. The van der Waals surface area contributed by atoms with Gasteiger partial charge < -0.3 is 0 Å². The predicted molar refractivity (Wildman–Crippen MR) is 64.7 cm³/mol. The Balaban J connectivity index is 2.36. The molecule has 1 heteroatoms. The highest BCUT2D eigenvalue weighted by atomic mass is 16.1. The summed E-state index contributed by atoms with van der Waals surface area (Å²) < 4.78 is 0. The molecule has 0 spiro atoms. The minimum absolute atomic E-state index is 0.254. The van der Waals surface area contributed by atoms with Crippen LogP contribution in [0.3, 0.4) is 0 Å². The Hall–Kier alpha value is -0.590. The first-order chi connectivity index (χ1) is 6.92. The Morgan fingerprint density at radius 3 is 2.20 bits per heavy atom. The first-order valence-electron chi connectivity index (χ1n) is 6.08. The van der Waals surface area contributed by atoms with Crippen molar-refractivity contribution >= 4 is 5.78 Å². The summed E-state index contributed by atoms with van der Waals surface area (Å²) in [7, 11) is 0. The molecule has 1 fully saturated rings. The van der Waals surface area contributed by atoms with Crippen LogP contribution in [-0.2, 0) is 4.79 Å². The predicted octanol–water partition coefficient (Wildman–Crippen LogP) is 3.98. The van der Waals surface area contributed by atoms with Gasteiger partial charge in [-0.3, -0.25) is 4.79 Å². The zero-order valence-electron chi connectivity index (χ0n) is 10.4. The van der Waals surface area contributed by atoms with E-state index in [-0.39, 0.29) is 11.7 Å². The van der Waals surface area contributed by atoms with Gasteiger partial charge in [0.25, 0.3) is 0 Å². The van der Waals surface area contributed by atoms with Gasteiger partial charge in [-0.1, -0.05) is 27.4 Å². The van der Waals surface area contributed by atoms with Crippen molar-refractivity contribution in [3.63, 3.8) is 0 Å². The second-order valence-corrected chi connectivity index (χ2v) is 6.09. The molecule has 0 radical (unpaired) electrons. The average Bonchev–Trinajstić information content (AvgIpc) is 2.15. The number of rotatable bonds is 3. The molecule has 0 aromatic heterocycles. The Morgan fingerprint density at radius 2 is 1.80 bits per heavy atom. The lowest BCUT2D eigenvalue weighted by molar-refractivity contribution is -0.119. The summed E-state index contributed by atoms with van der Waals surface area (Å²) >= 11 is 0. The van der Waals surface area contributed by atoms with E-state index in [1.54, 1.807) is 0 Å². The number of carbonyl (C=O) groups excluding carboxylic acids is 1. The van der Waals surface area contributed by atoms with Crippen molar-refractivity contribution in [2.24, 2.45) is 17.3 Å². The summed E-state index contributed by atoms with van der Waals surface area (Å²) in [6, 6.07) is 0. The molecular weight excluding hydrogens is 184 g/mol. The highest BCUT2D eigenvalue weighted by Gasteiger charge is 2.27. The first kappa shape index (κ1) is 12.5. The van der Waals surface area contributed by atoms with Crippen LogP contribution in [0.15, 0.2) is 12.7 Å². The topological polar surface area (TPSA) is 17.1 Å². The third-order valence-electron chi connectivity index (χ3n) is 3.35. The molecule has 1 aliphatic carbocycles. The normalized spacial score (nSPS) is 27.4. The average molecular weight is 208 g/mol. The van der Waals surface area contributed by atoms with E-state index in [1.165, 1.54) is 25.3 Å². The van der Waals surface area contributed by atoms with Crippen LogP contribution in [0.2, 0.25) is 0 Å². The molecule has 0 aromatic rings. The SMILES string of the molecule is C=CC(=O)C1CCC(CC(C)(C)C)CC1. The van der Waals surface area contributed by atoms with Crippen LogP contribution in [0.1, 0.15) is 52.9 Å². The van der Waals surface area contributed by atoms with Crippen LogP contribution in [0, 0.1) is 17.3 Å². The number of carbonyl (C=O) groups is 1. The van der Waals surface area contributed by atoms with Crippen molar-refractivity contribution in [1.82, 2.24) is 0 Å². The molecule has 1 aliphatic rings. The third-order valence-corrected chi connectivity index (χ3v) is 3.35. The maximum absolute atomic E-state index is 11.4. The summed E-state index contributed by atoms with van der Waals surface area (Å²) in [5, 5.41) is 0. The molecule has 1 nitrogen and oxygen atoms in total. The van der Waals surface area contributed by atoms with E-state index >= 15 is 0 Å². The van der Waals surface area contributed by atoms with E-state index in [2.05, 4.69) is 27.4 Å². The molecule has 1 rings (SSSR count). The lowest BCUT2D eigenvalue weighted by Crippen LogP contribution is -2.23. The van der Waals surface area contributed by atoms with Crippen molar-refractivity contribution < 1.29 is 4.79 Å². The summed E-state index contributed by atoms with van der Waals surface area (Å²) in [4.78, 5) is 11.4. The van der Waals surface area contributed by atoms with Crippen LogP contribution in [-0.4, -0.2) is 5.78 Å². The van der Waals surface area contributed by atoms with E-state index in [4.69, 9.17) is 0 Å². The largest absolute Gasteiger partial charge is 0.295 e. The van der Waals surface area contributed by atoms with Crippen LogP contribution in [0.25, 0.3) is 0 Å². The number of ketones is 1. The maximum atomic E-state index is 11.4. The monoisotopic (exact) mass is 208 g/mol. The summed E-state index contributed by atoms with van der Waals surface area (Å²) in [6.07, 6.45) is 7.39. The molecule has 0 atom stereocenters. The van der Waals surface area contributed by atoms with E-state index in [0.717, 1.165) is 18.8 Å². The third kappa shape index (κ3) is 4.19. The van der Waals surface area contributed by atoms with Crippen molar-refractivity contribution in [3.05, 3.63) is 12.7 Å². The molecule has 0 aromatic carbocycles. The molecular formula is C14H24O. The highest BCUT2D eigenvalue weighted by Crippen LogP contribution is 2.36.